The first-order chi connectivity index (χ1) is 9.97. The van der Waals surface area contributed by atoms with Crippen LogP contribution in [0.5, 0.6) is 0 Å². The van der Waals surface area contributed by atoms with Crippen LogP contribution in [-0.2, 0) is 7.05 Å². The highest BCUT2D eigenvalue weighted by Gasteiger charge is 2.18. The summed E-state index contributed by atoms with van der Waals surface area (Å²) in [6, 6.07) is 11.7. The van der Waals surface area contributed by atoms with Gasteiger partial charge >= 0.3 is 0 Å². The SMILES string of the molecule is Cc1cc(C(=O)NC(CN(C)C)c2ccccc2)nn1C. The van der Waals surface area contributed by atoms with E-state index < -0.39 is 0 Å². The molecule has 1 atom stereocenters. The lowest BCUT2D eigenvalue weighted by atomic mass is 10.1. The molecule has 2 rings (SSSR count). The Bertz CT molecular complexity index is 584. The summed E-state index contributed by atoms with van der Waals surface area (Å²) in [6.45, 7) is 2.67. The van der Waals surface area contributed by atoms with Crippen molar-refractivity contribution in [2.45, 2.75) is 13.0 Å². The van der Waals surface area contributed by atoms with E-state index in [0.29, 0.717) is 5.69 Å². The smallest absolute Gasteiger partial charge is 0.272 e. The number of hydrogen-bond donors (Lipinski definition) is 1. The van der Waals surface area contributed by atoms with Gasteiger partial charge in [0.05, 0.1) is 6.04 Å². The third-order valence-electron chi connectivity index (χ3n) is 3.40. The van der Waals surface area contributed by atoms with Crippen LogP contribution < -0.4 is 5.32 Å². The first-order valence-electron chi connectivity index (χ1n) is 6.98. The molecular weight excluding hydrogens is 264 g/mol. The topological polar surface area (TPSA) is 50.2 Å². The van der Waals surface area contributed by atoms with Crippen LogP contribution in [0.4, 0.5) is 0 Å². The average molecular weight is 286 g/mol. The molecule has 21 heavy (non-hydrogen) atoms. The third kappa shape index (κ3) is 3.92. The number of carbonyl (C=O) groups excluding carboxylic acids is 1. The highest BCUT2D eigenvalue weighted by molar-refractivity contribution is 5.92. The number of likely N-dealkylation sites (N-methyl/N-ethyl adjacent to an activating group) is 1. The zero-order valence-corrected chi connectivity index (χ0v) is 13.0. The highest BCUT2D eigenvalue weighted by Crippen LogP contribution is 2.14. The normalized spacial score (nSPS) is 12.4. The molecule has 1 unspecified atom stereocenters. The van der Waals surface area contributed by atoms with Gasteiger partial charge < -0.3 is 10.2 Å². The van der Waals surface area contributed by atoms with Crippen LogP contribution in [0, 0.1) is 6.92 Å². The van der Waals surface area contributed by atoms with E-state index in [1.165, 1.54) is 0 Å². The van der Waals surface area contributed by atoms with Gasteiger partial charge in [-0.05, 0) is 32.6 Å². The quantitative estimate of drug-likeness (QED) is 0.911. The molecule has 1 aromatic heterocycles. The van der Waals surface area contributed by atoms with Crippen molar-refractivity contribution in [3.63, 3.8) is 0 Å². The largest absolute Gasteiger partial charge is 0.343 e. The number of aryl methyl sites for hydroxylation is 2. The van der Waals surface area contributed by atoms with Crippen LogP contribution in [0.3, 0.4) is 0 Å². The Balaban J connectivity index is 2.17. The Morgan fingerprint density at radius 1 is 1.33 bits per heavy atom. The molecule has 5 heteroatoms. The number of hydrogen-bond acceptors (Lipinski definition) is 3. The van der Waals surface area contributed by atoms with Crippen LogP contribution in [-0.4, -0.2) is 41.2 Å². The van der Waals surface area contributed by atoms with Crippen molar-refractivity contribution < 1.29 is 4.79 Å². The van der Waals surface area contributed by atoms with Crippen molar-refractivity contribution in [3.05, 3.63) is 53.3 Å². The zero-order chi connectivity index (χ0) is 15.4. The van der Waals surface area contributed by atoms with Crippen molar-refractivity contribution >= 4 is 5.91 Å². The summed E-state index contributed by atoms with van der Waals surface area (Å²) in [4.78, 5) is 14.4. The van der Waals surface area contributed by atoms with Crippen LogP contribution >= 0.6 is 0 Å². The molecule has 0 aliphatic rings. The molecule has 2 aromatic rings. The predicted molar refractivity (Wildman–Crippen MR) is 83.1 cm³/mol. The second-order valence-electron chi connectivity index (χ2n) is 5.49. The van der Waals surface area contributed by atoms with E-state index in [1.54, 1.807) is 10.7 Å². The summed E-state index contributed by atoms with van der Waals surface area (Å²) in [5.74, 6) is -0.144. The maximum Gasteiger partial charge on any atom is 0.272 e. The van der Waals surface area contributed by atoms with Gasteiger partial charge in [0.2, 0.25) is 0 Å². The van der Waals surface area contributed by atoms with Gasteiger partial charge in [-0.25, -0.2) is 0 Å². The van der Waals surface area contributed by atoms with Crippen molar-refractivity contribution in [3.8, 4) is 0 Å². The first-order valence-corrected chi connectivity index (χ1v) is 6.98. The maximum atomic E-state index is 12.4. The molecule has 0 saturated heterocycles. The summed E-state index contributed by atoms with van der Waals surface area (Å²) in [5.41, 5.74) is 2.51. The fraction of sp³-hybridized carbons (Fsp3) is 0.375. The second-order valence-corrected chi connectivity index (χ2v) is 5.49. The molecule has 1 aromatic carbocycles. The molecule has 0 spiro atoms. The van der Waals surface area contributed by atoms with Crippen molar-refractivity contribution in [2.24, 2.45) is 7.05 Å². The molecule has 1 N–H and O–H groups in total. The Morgan fingerprint density at radius 3 is 2.52 bits per heavy atom. The summed E-state index contributed by atoms with van der Waals surface area (Å²) < 4.78 is 1.71. The number of rotatable bonds is 5. The van der Waals surface area contributed by atoms with E-state index in [9.17, 15) is 4.79 Å². The molecular formula is C16H22N4O. The Kier molecular flexibility index (Phi) is 4.75. The lowest BCUT2D eigenvalue weighted by molar-refractivity contribution is 0.0924. The van der Waals surface area contributed by atoms with Crippen LogP contribution in [0.2, 0.25) is 0 Å². The maximum absolute atomic E-state index is 12.4. The molecule has 112 valence electrons. The van der Waals surface area contributed by atoms with Crippen LogP contribution in [0.1, 0.15) is 27.8 Å². The molecule has 0 radical (unpaired) electrons. The number of nitrogens with zero attached hydrogens (tertiary/aromatic N) is 3. The Labute approximate surface area is 125 Å². The lowest BCUT2D eigenvalue weighted by Crippen LogP contribution is -2.35. The fourth-order valence-electron chi connectivity index (χ4n) is 2.19. The minimum atomic E-state index is -0.144. The van der Waals surface area contributed by atoms with E-state index >= 15 is 0 Å². The fourth-order valence-corrected chi connectivity index (χ4v) is 2.19. The average Bonchev–Trinajstić information content (AvgIpc) is 2.78. The number of carbonyl (C=O) groups is 1. The van der Waals surface area contributed by atoms with E-state index in [2.05, 4.69) is 15.3 Å². The Hall–Kier alpha value is -2.14. The van der Waals surface area contributed by atoms with Gasteiger partial charge in [0.15, 0.2) is 0 Å². The second kappa shape index (κ2) is 6.54. The van der Waals surface area contributed by atoms with Gasteiger partial charge in [0.1, 0.15) is 5.69 Å². The number of aromatic nitrogens is 2. The molecule has 1 amide bonds. The van der Waals surface area contributed by atoms with E-state index in [0.717, 1.165) is 17.8 Å². The molecule has 5 nitrogen and oxygen atoms in total. The summed E-state index contributed by atoms with van der Waals surface area (Å²) in [5, 5.41) is 7.29. The predicted octanol–water partition coefficient (Wildman–Crippen LogP) is 1.76. The van der Waals surface area contributed by atoms with Crippen LogP contribution in [0.15, 0.2) is 36.4 Å². The molecule has 0 bridgehead atoms. The van der Waals surface area contributed by atoms with Gasteiger partial charge in [0, 0.05) is 19.3 Å². The summed E-state index contributed by atoms with van der Waals surface area (Å²) in [6.07, 6.45) is 0. The monoisotopic (exact) mass is 286 g/mol. The van der Waals surface area contributed by atoms with Gasteiger partial charge in [0.25, 0.3) is 5.91 Å². The standard InChI is InChI=1S/C16H22N4O/c1-12-10-14(18-20(12)4)16(21)17-15(11-19(2)3)13-8-6-5-7-9-13/h5-10,15H,11H2,1-4H3,(H,17,21). The Morgan fingerprint density at radius 2 is 2.00 bits per heavy atom. The van der Waals surface area contributed by atoms with Crippen molar-refractivity contribution in [1.82, 2.24) is 20.0 Å². The van der Waals surface area contributed by atoms with Gasteiger partial charge in [-0.2, -0.15) is 5.10 Å². The van der Waals surface area contributed by atoms with E-state index in [4.69, 9.17) is 0 Å². The lowest BCUT2D eigenvalue weighted by Gasteiger charge is -2.22. The minimum absolute atomic E-state index is 0.0592. The zero-order valence-electron chi connectivity index (χ0n) is 13.0. The van der Waals surface area contributed by atoms with Crippen molar-refractivity contribution in [2.75, 3.05) is 20.6 Å². The number of benzene rings is 1. The van der Waals surface area contributed by atoms with Gasteiger partial charge in [-0.3, -0.25) is 9.48 Å². The molecule has 0 saturated carbocycles. The van der Waals surface area contributed by atoms with Crippen molar-refractivity contribution in [1.29, 1.82) is 0 Å². The first kappa shape index (κ1) is 15.3. The van der Waals surface area contributed by atoms with Gasteiger partial charge in [-0.15, -0.1) is 0 Å². The van der Waals surface area contributed by atoms with E-state index in [1.807, 2.05) is 58.4 Å². The third-order valence-corrected chi connectivity index (χ3v) is 3.40. The van der Waals surface area contributed by atoms with E-state index in [-0.39, 0.29) is 11.9 Å². The highest BCUT2D eigenvalue weighted by atomic mass is 16.2. The number of nitrogens with one attached hydrogen (secondary N) is 1. The van der Waals surface area contributed by atoms with Gasteiger partial charge in [-0.1, -0.05) is 30.3 Å². The van der Waals surface area contributed by atoms with Crippen LogP contribution in [0.25, 0.3) is 0 Å². The molecule has 0 aliphatic carbocycles. The minimum Gasteiger partial charge on any atom is -0.343 e. The molecule has 1 heterocycles. The molecule has 0 fully saturated rings. The summed E-state index contributed by atoms with van der Waals surface area (Å²) >= 11 is 0. The molecule has 0 aliphatic heterocycles. The number of amides is 1. The summed E-state index contributed by atoms with van der Waals surface area (Å²) in [7, 11) is 5.82.